The summed E-state index contributed by atoms with van der Waals surface area (Å²) in [6.07, 6.45) is 3.92. The van der Waals surface area contributed by atoms with Gasteiger partial charge in [-0.3, -0.25) is 4.57 Å². The summed E-state index contributed by atoms with van der Waals surface area (Å²) in [5.74, 6) is 2.68. The zero-order chi connectivity index (χ0) is 15.5. The standard InChI is InChI=1S/C15H17Cl2N3OS/c16-11-5-6-13(12(17)8-11)20-14(2-1-7-21)18-19-15(20)22-9-10-3-4-10/h5-6,8,10,21H,1-4,7,9H2. The molecule has 0 amide bonds. The van der Waals surface area contributed by atoms with Crippen LogP contribution in [-0.2, 0) is 6.42 Å². The van der Waals surface area contributed by atoms with E-state index in [4.69, 9.17) is 28.3 Å². The molecule has 0 atom stereocenters. The van der Waals surface area contributed by atoms with E-state index < -0.39 is 0 Å². The Morgan fingerprint density at radius 2 is 2.09 bits per heavy atom. The number of aryl methyl sites for hydroxylation is 1. The van der Waals surface area contributed by atoms with Crippen LogP contribution < -0.4 is 0 Å². The third-order valence-corrected chi connectivity index (χ3v) is 5.25. The SMILES string of the molecule is OCCCc1nnc(SCC2CC2)n1-c1ccc(Cl)cc1Cl. The van der Waals surface area contributed by atoms with Gasteiger partial charge in [0.2, 0.25) is 0 Å². The largest absolute Gasteiger partial charge is 0.396 e. The molecule has 1 fully saturated rings. The Kier molecular flexibility index (Phi) is 5.29. The van der Waals surface area contributed by atoms with Crippen LogP contribution >= 0.6 is 35.0 Å². The van der Waals surface area contributed by atoms with Crippen molar-refractivity contribution in [3.8, 4) is 5.69 Å². The number of hydrogen-bond donors (Lipinski definition) is 1. The average molecular weight is 358 g/mol. The first-order chi connectivity index (χ1) is 10.7. The quantitative estimate of drug-likeness (QED) is 0.760. The van der Waals surface area contributed by atoms with E-state index in [0.29, 0.717) is 22.9 Å². The predicted octanol–water partition coefficient (Wildman–Crippen LogP) is 4.00. The van der Waals surface area contributed by atoms with Crippen molar-refractivity contribution in [2.24, 2.45) is 5.92 Å². The van der Waals surface area contributed by atoms with Crippen molar-refractivity contribution in [2.75, 3.05) is 12.4 Å². The van der Waals surface area contributed by atoms with Crippen molar-refractivity contribution in [2.45, 2.75) is 30.8 Å². The van der Waals surface area contributed by atoms with E-state index in [1.54, 1.807) is 17.8 Å². The molecule has 0 spiro atoms. The summed E-state index contributed by atoms with van der Waals surface area (Å²) in [4.78, 5) is 0. The van der Waals surface area contributed by atoms with Crippen LogP contribution in [0.1, 0.15) is 25.1 Å². The minimum Gasteiger partial charge on any atom is -0.396 e. The summed E-state index contributed by atoms with van der Waals surface area (Å²) < 4.78 is 1.99. The summed E-state index contributed by atoms with van der Waals surface area (Å²) in [7, 11) is 0. The second-order valence-corrected chi connectivity index (χ2v) is 7.24. The summed E-state index contributed by atoms with van der Waals surface area (Å²) >= 11 is 14.1. The van der Waals surface area contributed by atoms with E-state index >= 15 is 0 Å². The van der Waals surface area contributed by atoms with E-state index in [1.165, 1.54) is 12.8 Å². The first-order valence-electron chi connectivity index (χ1n) is 7.32. The zero-order valence-corrected chi connectivity index (χ0v) is 14.3. The predicted molar refractivity (Wildman–Crippen MR) is 90.2 cm³/mol. The molecule has 1 N–H and O–H groups in total. The molecule has 0 radical (unpaired) electrons. The molecule has 0 unspecified atom stereocenters. The minimum atomic E-state index is 0.131. The Balaban J connectivity index is 1.94. The van der Waals surface area contributed by atoms with Crippen LogP contribution in [-0.4, -0.2) is 32.2 Å². The van der Waals surface area contributed by atoms with Crippen LogP contribution in [0.3, 0.4) is 0 Å². The number of halogens is 2. The van der Waals surface area contributed by atoms with Crippen molar-refractivity contribution in [3.63, 3.8) is 0 Å². The maximum Gasteiger partial charge on any atom is 0.195 e. The molecule has 1 heterocycles. The monoisotopic (exact) mass is 357 g/mol. The highest BCUT2D eigenvalue weighted by Crippen LogP contribution is 2.36. The van der Waals surface area contributed by atoms with Gasteiger partial charge in [-0.1, -0.05) is 35.0 Å². The molecule has 2 aromatic rings. The normalized spacial score (nSPS) is 14.5. The highest BCUT2D eigenvalue weighted by molar-refractivity contribution is 7.99. The summed E-state index contributed by atoms with van der Waals surface area (Å²) in [6, 6.07) is 5.43. The average Bonchev–Trinajstić information content (AvgIpc) is 3.24. The fraction of sp³-hybridized carbons (Fsp3) is 0.467. The molecule has 1 aromatic carbocycles. The fourth-order valence-electron chi connectivity index (χ4n) is 2.17. The summed E-state index contributed by atoms with van der Waals surface area (Å²) in [6.45, 7) is 0.131. The molecule has 22 heavy (non-hydrogen) atoms. The molecule has 0 aliphatic heterocycles. The number of thioether (sulfide) groups is 1. The van der Waals surface area contributed by atoms with Crippen molar-refractivity contribution in [1.82, 2.24) is 14.8 Å². The van der Waals surface area contributed by atoms with Crippen LogP contribution in [0.5, 0.6) is 0 Å². The number of rotatable bonds is 7. The van der Waals surface area contributed by atoms with E-state index in [0.717, 1.165) is 28.3 Å². The highest BCUT2D eigenvalue weighted by Gasteiger charge is 2.24. The van der Waals surface area contributed by atoms with Gasteiger partial charge < -0.3 is 5.11 Å². The number of nitrogens with zero attached hydrogens (tertiary/aromatic N) is 3. The van der Waals surface area contributed by atoms with Gasteiger partial charge in [-0.15, -0.1) is 10.2 Å². The van der Waals surface area contributed by atoms with Gasteiger partial charge in [0.15, 0.2) is 5.16 Å². The molecule has 1 saturated carbocycles. The maximum absolute atomic E-state index is 9.07. The summed E-state index contributed by atoms with van der Waals surface area (Å²) in [5.41, 5.74) is 0.835. The Morgan fingerprint density at radius 1 is 1.27 bits per heavy atom. The van der Waals surface area contributed by atoms with Gasteiger partial charge in [-0.2, -0.15) is 0 Å². The molecule has 7 heteroatoms. The lowest BCUT2D eigenvalue weighted by Gasteiger charge is -2.12. The molecule has 1 aliphatic carbocycles. The van der Waals surface area contributed by atoms with Crippen molar-refractivity contribution >= 4 is 35.0 Å². The lowest BCUT2D eigenvalue weighted by Crippen LogP contribution is -2.05. The Bertz CT molecular complexity index is 658. The molecule has 1 aliphatic rings. The smallest absolute Gasteiger partial charge is 0.195 e. The van der Waals surface area contributed by atoms with E-state index in [9.17, 15) is 0 Å². The molecule has 118 valence electrons. The minimum absolute atomic E-state index is 0.131. The topological polar surface area (TPSA) is 50.9 Å². The maximum atomic E-state index is 9.07. The number of hydrogen-bond acceptors (Lipinski definition) is 4. The number of benzene rings is 1. The van der Waals surface area contributed by atoms with E-state index in [1.807, 2.05) is 16.7 Å². The Hall–Kier alpha value is -0.750. The van der Waals surface area contributed by atoms with Gasteiger partial charge >= 0.3 is 0 Å². The number of aliphatic hydroxyl groups is 1. The first-order valence-corrected chi connectivity index (χ1v) is 9.06. The van der Waals surface area contributed by atoms with Gasteiger partial charge in [0, 0.05) is 23.8 Å². The molecular weight excluding hydrogens is 341 g/mol. The molecule has 4 nitrogen and oxygen atoms in total. The van der Waals surface area contributed by atoms with Crippen LogP contribution in [0.2, 0.25) is 10.0 Å². The van der Waals surface area contributed by atoms with Gasteiger partial charge in [0.05, 0.1) is 10.7 Å². The molecule has 1 aromatic heterocycles. The van der Waals surface area contributed by atoms with Crippen molar-refractivity contribution in [3.05, 3.63) is 34.1 Å². The van der Waals surface area contributed by atoms with Crippen LogP contribution in [0, 0.1) is 5.92 Å². The van der Waals surface area contributed by atoms with Crippen LogP contribution in [0.25, 0.3) is 5.69 Å². The Labute approximate surface area is 143 Å². The lowest BCUT2D eigenvalue weighted by atomic mass is 10.2. The molecule has 3 rings (SSSR count). The van der Waals surface area contributed by atoms with Crippen LogP contribution in [0.4, 0.5) is 0 Å². The number of aromatic nitrogens is 3. The fourth-order valence-corrected chi connectivity index (χ4v) is 3.82. The molecule has 0 saturated heterocycles. The van der Waals surface area contributed by atoms with Gasteiger partial charge in [0.1, 0.15) is 5.82 Å². The second-order valence-electron chi connectivity index (χ2n) is 5.41. The van der Waals surface area contributed by atoms with E-state index in [2.05, 4.69) is 10.2 Å². The zero-order valence-electron chi connectivity index (χ0n) is 12.0. The Morgan fingerprint density at radius 3 is 2.77 bits per heavy atom. The highest BCUT2D eigenvalue weighted by atomic mass is 35.5. The number of aliphatic hydroxyl groups excluding tert-OH is 1. The summed E-state index contributed by atoms with van der Waals surface area (Å²) in [5, 5.41) is 19.7. The molecule has 0 bridgehead atoms. The van der Waals surface area contributed by atoms with Crippen molar-refractivity contribution < 1.29 is 5.11 Å². The van der Waals surface area contributed by atoms with Gasteiger partial charge in [-0.25, -0.2) is 0 Å². The third kappa shape index (κ3) is 3.77. The van der Waals surface area contributed by atoms with Gasteiger partial charge in [-0.05, 0) is 43.4 Å². The third-order valence-electron chi connectivity index (χ3n) is 3.55. The first kappa shape index (κ1) is 16.1. The second kappa shape index (κ2) is 7.21. The van der Waals surface area contributed by atoms with Gasteiger partial charge in [0.25, 0.3) is 0 Å². The molecular formula is C15H17Cl2N3OS. The van der Waals surface area contributed by atoms with E-state index in [-0.39, 0.29) is 6.61 Å². The van der Waals surface area contributed by atoms with Crippen molar-refractivity contribution in [1.29, 1.82) is 0 Å². The van der Waals surface area contributed by atoms with Crippen LogP contribution in [0.15, 0.2) is 23.4 Å². The lowest BCUT2D eigenvalue weighted by molar-refractivity contribution is 0.287.